The normalized spacial score (nSPS) is 9.88. The van der Waals surface area contributed by atoms with Gasteiger partial charge < -0.3 is 4.42 Å². The van der Waals surface area contributed by atoms with Crippen LogP contribution in [0.15, 0.2) is 4.42 Å². The Morgan fingerprint density at radius 3 is 2.00 bits per heavy atom. The predicted octanol–water partition coefficient (Wildman–Crippen LogP) is 2.63. The minimum absolute atomic E-state index is 0.0247. The summed E-state index contributed by atoms with van der Waals surface area (Å²) in [5.41, 5.74) is 0. The van der Waals surface area contributed by atoms with Crippen molar-refractivity contribution in [3.05, 3.63) is 15.7 Å². The standard InChI is InChI=1S/C3Cl3NO/c4-1-2(5)8-3(6)7-1. The van der Waals surface area contributed by atoms with Gasteiger partial charge in [-0.3, -0.25) is 0 Å². The summed E-state index contributed by atoms with van der Waals surface area (Å²) in [6.45, 7) is 0. The summed E-state index contributed by atoms with van der Waals surface area (Å²) >= 11 is 15.8. The molecule has 1 aromatic rings. The zero-order chi connectivity index (χ0) is 6.15. The Morgan fingerprint density at radius 1 is 1.25 bits per heavy atom. The maximum Gasteiger partial charge on any atom is 0.295 e. The molecule has 0 fully saturated rings. The number of halogens is 3. The topological polar surface area (TPSA) is 26.0 Å². The minimum Gasteiger partial charge on any atom is -0.414 e. The van der Waals surface area contributed by atoms with Gasteiger partial charge in [-0.15, -0.1) is 0 Å². The van der Waals surface area contributed by atoms with Crippen LogP contribution in [0.5, 0.6) is 0 Å². The van der Waals surface area contributed by atoms with Gasteiger partial charge in [0.1, 0.15) is 0 Å². The van der Waals surface area contributed by atoms with Crippen molar-refractivity contribution in [2.45, 2.75) is 0 Å². The SMILES string of the molecule is Clc1nc(Cl)c(Cl)o1. The van der Waals surface area contributed by atoms with Crippen LogP contribution < -0.4 is 0 Å². The Balaban J connectivity index is 3.14. The summed E-state index contributed by atoms with van der Waals surface area (Å²) in [7, 11) is 0. The Morgan fingerprint density at radius 2 is 1.88 bits per heavy atom. The zero-order valence-corrected chi connectivity index (χ0v) is 5.76. The molecule has 0 aliphatic heterocycles. The largest absolute Gasteiger partial charge is 0.414 e. The number of nitrogens with zero attached hydrogens (tertiary/aromatic N) is 1. The summed E-state index contributed by atoms with van der Waals surface area (Å²) < 4.78 is 4.50. The van der Waals surface area contributed by atoms with Gasteiger partial charge in [0.15, 0.2) is 5.15 Å². The van der Waals surface area contributed by atoms with E-state index in [1.165, 1.54) is 0 Å². The van der Waals surface area contributed by atoms with Crippen LogP contribution >= 0.6 is 34.8 Å². The van der Waals surface area contributed by atoms with Crippen LogP contribution in [0.1, 0.15) is 0 Å². The van der Waals surface area contributed by atoms with Crippen LogP contribution in [0.3, 0.4) is 0 Å². The molecular weight excluding hydrogens is 172 g/mol. The van der Waals surface area contributed by atoms with Crippen molar-refractivity contribution in [1.82, 2.24) is 4.98 Å². The predicted molar refractivity (Wildman–Crippen MR) is 31.5 cm³/mol. The van der Waals surface area contributed by atoms with Crippen molar-refractivity contribution in [2.75, 3.05) is 0 Å². The Bertz CT molecular complexity index is 177. The number of hydrogen-bond donors (Lipinski definition) is 0. The molecule has 0 radical (unpaired) electrons. The van der Waals surface area contributed by atoms with Gasteiger partial charge in [0.25, 0.3) is 5.35 Å². The van der Waals surface area contributed by atoms with Crippen molar-refractivity contribution < 1.29 is 4.42 Å². The Hall–Kier alpha value is 0.0800. The fourth-order valence-corrected chi connectivity index (χ4v) is 0.735. The van der Waals surface area contributed by atoms with Crippen LogP contribution in [0.2, 0.25) is 15.7 Å². The first-order valence-corrected chi connectivity index (χ1v) is 2.81. The van der Waals surface area contributed by atoms with E-state index >= 15 is 0 Å². The van der Waals surface area contributed by atoms with Gasteiger partial charge in [-0.25, -0.2) is 0 Å². The highest BCUT2D eigenvalue weighted by atomic mass is 35.5. The Labute approximate surface area is 60.4 Å². The molecule has 0 spiro atoms. The second-order valence-corrected chi connectivity index (χ2v) is 2.06. The third-order valence-corrected chi connectivity index (χ3v) is 1.29. The highest BCUT2D eigenvalue weighted by Crippen LogP contribution is 2.23. The molecule has 0 saturated heterocycles. The monoisotopic (exact) mass is 171 g/mol. The lowest BCUT2D eigenvalue weighted by Gasteiger charge is -1.71. The number of hydrogen-bond acceptors (Lipinski definition) is 2. The highest BCUT2D eigenvalue weighted by molar-refractivity contribution is 6.40. The van der Waals surface area contributed by atoms with Crippen LogP contribution in [-0.2, 0) is 0 Å². The first-order chi connectivity index (χ1) is 3.70. The molecule has 0 aliphatic carbocycles. The van der Waals surface area contributed by atoms with E-state index in [4.69, 9.17) is 34.8 Å². The first kappa shape index (κ1) is 6.20. The number of rotatable bonds is 0. The van der Waals surface area contributed by atoms with E-state index in [-0.39, 0.29) is 15.7 Å². The maximum absolute atomic E-state index is 5.31. The van der Waals surface area contributed by atoms with Gasteiger partial charge >= 0.3 is 0 Å². The molecule has 0 saturated carbocycles. The molecule has 0 aromatic carbocycles. The molecule has 0 unspecified atom stereocenters. The third-order valence-electron chi connectivity index (χ3n) is 0.522. The molecule has 0 amide bonds. The Kier molecular flexibility index (Phi) is 1.65. The molecule has 44 valence electrons. The van der Waals surface area contributed by atoms with E-state index in [1.54, 1.807) is 0 Å². The van der Waals surface area contributed by atoms with Gasteiger partial charge in [-0.1, -0.05) is 11.6 Å². The molecule has 0 N–H and O–H groups in total. The molecule has 0 bridgehead atoms. The summed E-state index contributed by atoms with van der Waals surface area (Å²) in [5.74, 6) is 0. The molecular formula is C3Cl3NO. The van der Waals surface area contributed by atoms with Crippen molar-refractivity contribution in [2.24, 2.45) is 0 Å². The molecule has 1 heterocycles. The first-order valence-electron chi connectivity index (χ1n) is 1.67. The second-order valence-electron chi connectivity index (χ2n) is 1.03. The summed E-state index contributed by atoms with van der Waals surface area (Å²) in [5, 5.41) is 0.0772. The number of oxazole rings is 1. The van der Waals surface area contributed by atoms with Crippen LogP contribution in [0.4, 0.5) is 0 Å². The lowest BCUT2D eigenvalue weighted by atomic mass is 11.0. The summed E-state index contributed by atoms with van der Waals surface area (Å²) in [4.78, 5) is 3.44. The molecule has 8 heavy (non-hydrogen) atoms. The lowest BCUT2D eigenvalue weighted by Crippen LogP contribution is -1.57. The highest BCUT2D eigenvalue weighted by Gasteiger charge is 2.04. The molecule has 1 aromatic heterocycles. The second kappa shape index (κ2) is 2.13. The van der Waals surface area contributed by atoms with Crippen LogP contribution in [0.25, 0.3) is 0 Å². The van der Waals surface area contributed by atoms with Gasteiger partial charge in [0.05, 0.1) is 0 Å². The van der Waals surface area contributed by atoms with Gasteiger partial charge in [0.2, 0.25) is 5.22 Å². The van der Waals surface area contributed by atoms with Gasteiger partial charge in [-0.05, 0) is 23.2 Å². The molecule has 1 rings (SSSR count). The summed E-state index contributed by atoms with van der Waals surface area (Å²) in [6.07, 6.45) is 0. The molecule has 0 aliphatic rings. The van der Waals surface area contributed by atoms with Crippen molar-refractivity contribution in [3.8, 4) is 0 Å². The molecule has 5 heteroatoms. The minimum atomic E-state index is -0.0417. The average Bonchev–Trinajstić information content (AvgIpc) is 1.85. The maximum atomic E-state index is 5.31. The third kappa shape index (κ3) is 1.08. The fraction of sp³-hybridized carbons (Fsp3) is 0. The fourth-order valence-electron chi connectivity index (χ4n) is 0.260. The quantitative estimate of drug-likeness (QED) is 0.601. The van der Waals surface area contributed by atoms with Crippen molar-refractivity contribution in [3.63, 3.8) is 0 Å². The zero-order valence-electron chi connectivity index (χ0n) is 3.49. The lowest BCUT2D eigenvalue weighted by molar-refractivity contribution is 0.562. The molecule has 0 atom stereocenters. The van der Waals surface area contributed by atoms with Crippen molar-refractivity contribution in [1.29, 1.82) is 0 Å². The van der Waals surface area contributed by atoms with E-state index in [1.807, 2.05) is 0 Å². The average molecular weight is 172 g/mol. The van der Waals surface area contributed by atoms with Crippen LogP contribution in [0, 0.1) is 0 Å². The molecule has 2 nitrogen and oxygen atoms in total. The van der Waals surface area contributed by atoms with E-state index in [2.05, 4.69) is 9.40 Å². The van der Waals surface area contributed by atoms with E-state index in [9.17, 15) is 0 Å². The smallest absolute Gasteiger partial charge is 0.295 e. The van der Waals surface area contributed by atoms with Gasteiger partial charge in [-0.2, -0.15) is 4.98 Å². The summed E-state index contributed by atoms with van der Waals surface area (Å²) in [6, 6.07) is 0. The van der Waals surface area contributed by atoms with Crippen molar-refractivity contribution >= 4 is 34.8 Å². The van der Waals surface area contributed by atoms with E-state index < -0.39 is 0 Å². The number of aromatic nitrogens is 1. The van der Waals surface area contributed by atoms with E-state index in [0.29, 0.717) is 0 Å². The van der Waals surface area contributed by atoms with E-state index in [0.717, 1.165) is 0 Å². The van der Waals surface area contributed by atoms with Crippen LogP contribution in [-0.4, -0.2) is 4.98 Å². The van der Waals surface area contributed by atoms with Gasteiger partial charge in [0, 0.05) is 0 Å².